The van der Waals surface area contributed by atoms with Crippen LogP contribution in [0.1, 0.15) is 63.8 Å². The Bertz CT molecular complexity index is 1640. The molecular formula is C39H38Br2Zr. The fourth-order valence-electron chi connectivity index (χ4n) is 4.73. The van der Waals surface area contributed by atoms with Crippen molar-refractivity contribution in [3.63, 3.8) is 0 Å². The molecule has 42 heavy (non-hydrogen) atoms. The summed E-state index contributed by atoms with van der Waals surface area (Å²) in [6.45, 7) is 13.6. The van der Waals surface area contributed by atoms with Crippen LogP contribution in [0.4, 0.5) is 0 Å². The van der Waals surface area contributed by atoms with Crippen molar-refractivity contribution in [1.29, 1.82) is 0 Å². The first-order chi connectivity index (χ1) is 19.8. The summed E-state index contributed by atoms with van der Waals surface area (Å²) >= 11 is 8.43. The summed E-state index contributed by atoms with van der Waals surface area (Å²) in [5.41, 5.74) is 5.78. The van der Waals surface area contributed by atoms with E-state index >= 15 is 0 Å². The molecular weight excluding hydrogens is 719 g/mol. The molecule has 0 spiro atoms. The fraction of sp³-hybridized carbons (Fsp3) is 0.205. The Hall–Kier alpha value is -2.19. The molecule has 0 bridgehead atoms. The minimum absolute atomic E-state index is 0.203. The SMILES string of the molecule is Brc1cccc([C](=[Zr+2])c2cccc(Br)c2)c1.CC(C)(C)c1ccc2c(c1)[cH-]c1cc(C(C)(C)C)ccc12.c1cc[cH-]c1. The van der Waals surface area contributed by atoms with Gasteiger partial charge in [0.25, 0.3) is 0 Å². The first-order valence-corrected chi connectivity index (χ1v) is 17.1. The van der Waals surface area contributed by atoms with Crippen LogP contribution in [-0.2, 0) is 35.1 Å². The maximum Gasteiger partial charge on any atom is -0.0202 e. The maximum absolute atomic E-state index is 3.50. The number of rotatable bonds is 2. The molecule has 0 aliphatic carbocycles. The Morgan fingerprint density at radius 3 is 1.33 bits per heavy atom. The summed E-state index contributed by atoms with van der Waals surface area (Å²) in [5.74, 6) is 0. The number of fused-ring (bicyclic) bond motifs is 3. The number of benzene rings is 4. The average Bonchev–Trinajstić information content (AvgIpc) is 3.63. The number of hydrogen-bond donors (Lipinski definition) is 0. The normalized spacial score (nSPS) is 11.5. The molecule has 0 atom stereocenters. The van der Waals surface area contributed by atoms with Crippen molar-refractivity contribution in [3.05, 3.63) is 153 Å². The van der Waals surface area contributed by atoms with Gasteiger partial charge in [0.2, 0.25) is 0 Å². The zero-order valence-electron chi connectivity index (χ0n) is 25.3. The summed E-state index contributed by atoms with van der Waals surface area (Å²) in [4.78, 5) is 0. The molecule has 0 amide bonds. The van der Waals surface area contributed by atoms with E-state index < -0.39 is 0 Å². The van der Waals surface area contributed by atoms with Gasteiger partial charge in [-0.3, -0.25) is 0 Å². The van der Waals surface area contributed by atoms with Gasteiger partial charge in [-0.05, 0) is 10.8 Å². The third-order valence-electron chi connectivity index (χ3n) is 7.22. The topological polar surface area (TPSA) is 0 Å². The van der Waals surface area contributed by atoms with Crippen molar-refractivity contribution in [1.82, 2.24) is 0 Å². The molecule has 0 aliphatic heterocycles. The summed E-state index contributed by atoms with van der Waals surface area (Å²) in [7, 11) is 0. The van der Waals surface area contributed by atoms with E-state index in [1.54, 1.807) is 0 Å². The van der Waals surface area contributed by atoms with Gasteiger partial charge < -0.3 is 0 Å². The third kappa shape index (κ3) is 8.69. The molecule has 0 radical (unpaired) electrons. The standard InChI is InChI=1S/C21H25.C13H8Br2.C5H5.Zr/c1-20(2,3)16-7-9-18-14(12-16)11-15-13-17(21(4,5)6)8-10-19(15)18;14-12-5-1-3-10(8-12)7-11-4-2-6-13(15)9-11;1-2-4-5-3-1;/h7-13H,1-6H3;1-6,8-9H;1-5H;/q-1;;-1;+2. The first kappa shape index (κ1) is 32.7. The van der Waals surface area contributed by atoms with Gasteiger partial charge in [-0.2, -0.15) is 18.2 Å². The Balaban J connectivity index is 0.000000170. The van der Waals surface area contributed by atoms with E-state index in [1.807, 2.05) is 42.5 Å². The van der Waals surface area contributed by atoms with Crippen molar-refractivity contribution in [2.24, 2.45) is 0 Å². The van der Waals surface area contributed by atoms with E-state index in [4.69, 9.17) is 0 Å². The van der Waals surface area contributed by atoms with Gasteiger partial charge in [0.15, 0.2) is 0 Å². The average molecular weight is 758 g/mol. The quantitative estimate of drug-likeness (QED) is 0.154. The second-order valence-corrected chi connectivity index (χ2v) is 15.7. The smallest absolute Gasteiger partial charge is 0.0202 e. The van der Waals surface area contributed by atoms with Crippen molar-refractivity contribution in [2.75, 3.05) is 0 Å². The second-order valence-electron chi connectivity index (χ2n) is 12.6. The zero-order chi connectivity index (χ0) is 30.5. The molecule has 3 heteroatoms. The number of hydrogen-bond acceptors (Lipinski definition) is 0. The number of halogens is 2. The Kier molecular flexibility index (Phi) is 11.0. The van der Waals surface area contributed by atoms with Gasteiger partial charge in [0, 0.05) is 0 Å². The van der Waals surface area contributed by atoms with E-state index in [2.05, 4.69) is 152 Å². The minimum Gasteiger partial charge on any atom is -0.214 e. The zero-order valence-corrected chi connectivity index (χ0v) is 30.9. The van der Waals surface area contributed by atoms with Crippen LogP contribution in [0.2, 0.25) is 0 Å². The van der Waals surface area contributed by atoms with Gasteiger partial charge in [-0.1, -0.05) is 76.9 Å². The van der Waals surface area contributed by atoms with Crippen LogP contribution in [0.15, 0.2) is 130 Å². The fourth-order valence-corrected chi connectivity index (χ4v) is 6.29. The summed E-state index contributed by atoms with van der Waals surface area (Å²) in [6.07, 6.45) is 0. The summed E-state index contributed by atoms with van der Waals surface area (Å²) in [6, 6.07) is 43.0. The minimum atomic E-state index is 0.203. The van der Waals surface area contributed by atoms with Crippen molar-refractivity contribution >= 4 is 56.6 Å². The Morgan fingerprint density at radius 1 is 0.571 bits per heavy atom. The van der Waals surface area contributed by atoms with Crippen molar-refractivity contribution < 1.29 is 24.2 Å². The predicted molar refractivity (Wildman–Crippen MR) is 188 cm³/mol. The van der Waals surface area contributed by atoms with E-state index in [0.717, 1.165) is 8.95 Å². The van der Waals surface area contributed by atoms with Crippen LogP contribution in [0.5, 0.6) is 0 Å². The molecule has 0 aromatic heterocycles. The molecule has 6 aromatic carbocycles. The maximum atomic E-state index is 3.50. The van der Waals surface area contributed by atoms with Crippen LogP contribution < -0.4 is 0 Å². The van der Waals surface area contributed by atoms with Crippen LogP contribution >= 0.6 is 31.9 Å². The molecule has 0 fully saturated rings. The van der Waals surface area contributed by atoms with Crippen LogP contribution in [-0.4, -0.2) is 3.21 Å². The second kappa shape index (κ2) is 14.1. The van der Waals surface area contributed by atoms with E-state index in [-0.39, 0.29) is 10.8 Å². The molecule has 0 saturated carbocycles. The van der Waals surface area contributed by atoms with Gasteiger partial charge in [-0.15, -0.1) is 39.7 Å². The molecule has 0 nitrogen and oxygen atoms in total. The molecule has 0 saturated heterocycles. The molecule has 0 heterocycles. The predicted octanol–water partition coefficient (Wildman–Crippen LogP) is 12.0. The van der Waals surface area contributed by atoms with E-state index in [1.165, 1.54) is 71.2 Å². The van der Waals surface area contributed by atoms with Crippen LogP contribution in [0, 0.1) is 0 Å². The first-order valence-electron chi connectivity index (χ1n) is 14.2. The molecule has 0 N–H and O–H groups in total. The molecule has 6 rings (SSSR count). The van der Waals surface area contributed by atoms with Gasteiger partial charge in [-0.25, -0.2) is 12.1 Å². The summed E-state index contributed by atoms with van der Waals surface area (Å²) < 4.78 is 3.62. The molecule has 212 valence electrons. The van der Waals surface area contributed by atoms with E-state index in [0.29, 0.717) is 0 Å². The van der Waals surface area contributed by atoms with Gasteiger partial charge in [0.1, 0.15) is 0 Å². The molecule has 0 aliphatic rings. The van der Waals surface area contributed by atoms with Crippen molar-refractivity contribution in [3.8, 4) is 0 Å². The third-order valence-corrected chi connectivity index (χ3v) is 9.62. The molecule has 0 unspecified atom stereocenters. The van der Waals surface area contributed by atoms with Gasteiger partial charge >= 0.3 is 128 Å². The van der Waals surface area contributed by atoms with E-state index in [9.17, 15) is 0 Å². The van der Waals surface area contributed by atoms with Crippen LogP contribution in [0.25, 0.3) is 21.5 Å². The largest absolute Gasteiger partial charge is 0.214 e. The summed E-state index contributed by atoms with van der Waals surface area (Å²) in [5, 5.41) is 5.48. The molecule has 6 aromatic rings. The Labute approximate surface area is 283 Å². The van der Waals surface area contributed by atoms with Crippen LogP contribution in [0.3, 0.4) is 0 Å². The van der Waals surface area contributed by atoms with Crippen molar-refractivity contribution in [2.45, 2.75) is 52.4 Å². The van der Waals surface area contributed by atoms with Gasteiger partial charge in [0.05, 0.1) is 0 Å². The Morgan fingerprint density at radius 2 is 1.00 bits per heavy atom. The monoisotopic (exact) mass is 754 g/mol.